The Morgan fingerprint density at radius 3 is 2.53 bits per heavy atom. The summed E-state index contributed by atoms with van der Waals surface area (Å²) in [5, 5.41) is 8.73. The minimum Gasteiger partial charge on any atom is -0.379 e. The van der Waals surface area contributed by atoms with Crippen LogP contribution in [0.4, 0.5) is 0 Å². The van der Waals surface area contributed by atoms with E-state index in [0.29, 0.717) is 11.4 Å². The fourth-order valence-electron chi connectivity index (χ4n) is 3.95. The van der Waals surface area contributed by atoms with Gasteiger partial charge in [-0.15, -0.1) is 11.3 Å². The molecule has 1 amide bonds. The molecule has 4 aromatic rings. The van der Waals surface area contributed by atoms with Gasteiger partial charge >= 0.3 is 0 Å². The fraction of sp³-hybridized carbons (Fsp3) is 0.280. The van der Waals surface area contributed by atoms with Crippen LogP contribution in [0.15, 0.2) is 60.7 Å². The molecule has 0 atom stereocenters. The Kier molecular flexibility index (Phi) is 6.03. The summed E-state index contributed by atoms with van der Waals surface area (Å²) in [6, 6.07) is 20.4. The number of rotatable bonds is 6. The number of para-hydroxylation sites is 1. The lowest BCUT2D eigenvalue weighted by Gasteiger charge is -2.26. The first-order valence-corrected chi connectivity index (χ1v) is 11.7. The van der Waals surface area contributed by atoms with Crippen molar-refractivity contribution in [3.05, 3.63) is 82.4 Å². The van der Waals surface area contributed by atoms with E-state index < -0.39 is 0 Å². The molecule has 0 aliphatic carbocycles. The molecule has 0 bridgehead atoms. The fourth-order valence-corrected chi connectivity index (χ4v) is 5.05. The van der Waals surface area contributed by atoms with Gasteiger partial charge in [0.15, 0.2) is 0 Å². The van der Waals surface area contributed by atoms with Crippen LogP contribution in [0.25, 0.3) is 15.9 Å². The molecule has 1 aliphatic heterocycles. The lowest BCUT2D eigenvalue weighted by Crippen LogP contribution is -2.35. The van der Waals surface area contributed by atoms with E-state index in [0.717, 1.165) is 60.0 Å². The molecule has 1 saturated heterocycles. The number of nitrogens with one attached hydrogen (secondary N) is 1. The Morgan fingerprint density at radius 1 is 1.06 bits per heavy atom. The zero-order chi connectivity index (χ0) is 21.9. The first-order valence-electron chi connectivity index (χ1n) is 10.9. The number of ether oxygens (including phenoxy) is 1. The van der Waals surface area contributed by atoms with Gasteiger partial charge in [-0.3, -0.25) is 9.69 Å². The molecule has 1 fully saturated rings. The molecule has 0 spiro atoms. The van der Waals surface area contributed by atoms with Gasteiger partial charge in [-0.25, -0.2) is 4.68 Å². The van der Waals surface area contributed by atoms with E-state index in [-0.39, 0.29) is 5.91 Å². The highest BCUT2D eigenvalue weighted by molar-refractivity contribution is 7.20. The molecule has 32 heavy (non-hydrogen) atoms. The molecule has 164 valence electrons. The lowest BCUT2D eigenvalue weighted by molar-refractivity contribution is 0.0342. The Balaban J connectivity index is 1.24. The average molecular weight is 447 g/mol. The molecule has 3 heterocycles. The number of carbonyl (C=O) groups excluding carboxylic acids is 1. The predicted octanol–water partition coefficient (Wildman–Crippen LogP) is 4.16. The van der Waals surface area contributed by atoms with Crippen LogP contribution in [0.5, 0.6) is 0 Å². The molecular weight excluding hydrogens is 420 g/mol. The summed E-state index contributed by atoms with van der Waals surface area (Å²) in [6.45, 7) is 7.01. The summed E-state index contributed by atoms with van der Waals surface area (Å²) in [6.07, 6.45) is 0. The van der Waals surface area contributed by atoms with Crippen LogP contribution in [0.2, 0.25) is 0 Å². The number of hydrogen-bond acceptors (Lipinski definition) is 5. The van der Waals surface area contributed by atoms with Crippen molar-refractivity contribution in [2.75, 3.05) is 26.3 Å². The van der Waals surface area contributed by atoms with Gasteiger partial charge in [-0.2, -0.15) is 5.10 Å². The van der Waals surface area contributed by atoms with Crippen LogP contribution >= 0.6 is 11.3 Å². The Bertz CT molecular complexity index is 1210. The van der Waals surface area contributed by atoms with Crippen molar-refractivity contribution in [2.45, 2.75) is 20.0 Å². The molecule has 0 radical (unpaired) electrons. The van der Waals surface area contributed by atoms with E-state index in [4.69, 9.17) is 4.74 Å². The van der Waals surface area contributed by atoms with Crippen LogP contribution in [-0.4, -0.2) is 46.9 Å². The Morgan fingerprint density at radius 2 is 1.78 bits per heavy atom. The lowest BCUT2D eigenvalue weighted by atomic mass is 10.1. The quantitative estimate of drug-likeness (QED) is 0.483. The van der Waals surface area contributed by atoms with Gasteiger partial charge in [-0.1, -0.05) is 42.5 Å². The van der Waals surface area contributed by atoms with Gasteiger partial charge in [0.05, 0.1) is 29.5 Å². The first kappa shape index (κ1) is 20.9. The molecule has 5 rings (SSSR count). The number of thiophene rings is 1. The van der Waals surface area contributed by atoms with Gasteiger partial charge in [0.1, 0.15) is 4.83 Å². The maximum Gasteiger partial charge on any atom is 0.261 e. The van der Waals surface area contributed by atoms with E-state index in [1.165, 1.54) is 16.9 Å². The van der Waals surface area contributed by atoms with E-state index in [1.807, 2.05) is 48.0 Å². The highest BCUT2D eigenvalue weighted by Gasteiger charge is 2.17. The number of hydrogen-bond donors (Lipinski definition) is 1. The highest BCUT2D eigenvalue weighted by atomic mass is 32.1. The summed E-state index contributed by atoms with van der Waals surface area (Å²) >= 11 is 1.48. The van der Waals surface area contributed by atoms with E-state index in [9.17, 15) is 4.79 Å². The summed E-state index contributed by atoms with van der Waals surface area (Å²) in [5.41, 5.74) is 4.30. The number of aromatic nitrogens is 2. The summed E-state index contributed by atoms with van der Waals surface area (Å²) < 4.78 is 7.33. The number of fused-ring (bicyclic) bond motifs is 1. The molecular formula is C25H26N4O2S. The second kappa shape index (κ2) is 9.24. The van der Waals surface area contributed by atoms with Crippen molar-refractivity contribution in [3.8, 4) is 5.69 Å². The molecule has 0 unspecified atom stereocenters. The average Bonchev–Trinajstić information content (AvgIpc) is 3.40. The van der Waals surface area contributed by atoms with Gasteiger partial charge in [0.25, 0.3) is 5.91 Å². The monoisotopic (exact) mass is 446 g/mol. The maximum absolute atomic E-state index is 12.8. The van der Waals surface area contributed by atoms with Crippen LogP contribution in [0, 0.1) is 6.92 Å². The van der Waals surface area contributed by atoms with Crippen molar-refractivity contribution in [3.63, 3.8) is 0 Å². The van der Waals surface area contributed by atoms with Crippen molar-refractivity contribution in [1.82, 2.24) is 20.0 Å². The van der Waals surface area contributed by atoms with Crippen molar-refractivity contribution >= 4 is 27.5 Å². The Labute approximate surface area is 191 Å². The molecule has 6 nitrogen and oxygen atoms in total. The van der Waals surface area contributed by atoms with E-state index in [1.54, 1.807) is 0 Å². The number of carbonyl (C=O) groups is 1. The first-order chi connectivity index (χ1) is 15.7. The number of benzene rings is 2. The SMILES string of the molecule is Cc1nn(-c2ccccc2)c2sc(C(=O)NCc3ccc(CN4CCOCC4)cc3)cc12. The smallest absolute Gasteiger partial charge is 0.261 e. The summed E-state index contributed by atoms with van der Waals surface area (Å²) in [4.78, 5) is 16.9. The number of aryl methyl sites for hydroxylation is 1. The zero-order valence-electron chi connectivity index (χ0n) is 18.1. The number of morpholine rings is 1. The topological polar surface area (TPSA) is 59.4 Å². The van der Waals surface area contributed by atoms with Gasteiger partial charge in [-0.05, 0) is 36.2 Å². The standard InChI is InChI=1S/C25H26N4O2S/c1-18-22-15-23(32-25(22)29(27-18)21-5-3-2-4-6-21)24(30)26-16-19-7-9-20(10-8-19)17-28-11-13-31-14-12-28/h2-10,15H,11-14,16-17H2,1H3,(H,26,30). The van der Waals surface area contributed by atoms with Crippen molar-refractivity contribution in [1.29, 1.82) is 0 Å². The van der Waals surface area contributed by atoms with Gasteiger partial charge in [0.2, 0.25) is 0 Å². The minimum absolute atomic E-state index is 0.0531. The molecule has 2 aromatic carbocycles. The third-order valence-electron chi connectivity index (χ3n) is 5.76. The van der Waals surface area contributed by atoms with E-state index in [2.05, 4.69) is 39.6 Å². The van der Waals surface area contributed by atoms with E-state index >= 15 is 0 Å². The molecule has 1 N–H and O–H groups in total. The summed E-state index contributed by atoms with van der Waals surface area (Å²) in [7, 11) is 0. The normalized spacial score (nSPS) is 14.7. The largest absolute Gasteiger partial charge is 0.379 e. The predicted molar refractivity (Wildman–Crippen MR) is 127 cm³/mol. The second-order valence-electron chi connectivity index (χ2n) is 8.05. The highest BCUT2D eigenvalue weighted by Crippen LogP contribution is 2.30. The van der Waals surface area contributed by atoms with Gasteiger partial charge in [0, 0.05) is 31.6 Å². The second-order valence-corrected chi connectivity index (χ2v) is 9.08. The van der Waals surface area contributed by atoms with Gasteiger partial charge < -0.3 is 10.1 Å². The van der Waals surface area contributed by atoms with Crippen molar-refractivity contribution < 1.29 is 9.53 Å². The van der Waals surface area contributed by atoms with Crippen LogP contribution in [0.3, 0.4) is 0 Å². The minimum atomic E-state index is -0.0531. The molecule has 0 saturated carbocycles. The summed E-state index contributed by atoms with van der Waals surface area (Å²) in [5.74, 6) is -0.0531. The van der Waals surface area contributed by atoms with Crippen LogP contribution in [-0.2, 0) is 17.8 Å². The Hall–Kier alpha value is -3.00. The number of nitrogens with zero attached hydrogens (tertiary/aromatic N) is 3. The number of amides is 1. The zero-order valence-corrected chi connectivity index (χ0v) is 18.9. The molecule has 2 aromatic heterocycles. The maximum atomic E-state index is 12.8. The van der Waals surface area contributed by atoms with Crippen LogP contribution in [0.1, 0.15) is 26.5 Å². The third kappa shape index (κ3) is 4.46. The third-order valence-corrected chi connectivity index (χ3v) is 6.86. The van der Waals surface area contributed by atoms with Crippen molar-refractivity contribution in [2.24, 2.45) is 0 Å². The molecule has 7 heteroatoms. The molecule has 1 aliphatic rings. The van der Waals surface area contributed by atoms with Crippen LogP contribution < -0.4 is 5.32 Å².